The van der Waals surface area contributed by atoms with Gasteiger partial charge in [0.2, 0.25) is 5.75 Å². The maximum absolute atomic E-state index is 13.1. The maximum atomic E-state index is 13.1. The molecule has 1 aliphatic heterocycles. The number of aromatic nitrogens is 4. The van der Waals surface area contributed by atoms with Crippen LogP contribution in [-0.2, 0) is 26.7 Å². The van der Waals surface area contributed by atoms with Gasteiger partial charge in [0.1, 0.15) is 17.3 Å². The lowest BCUT2D eigenvalue weighted by atomic mass is 10.1. The van der Waals surface area contributed by atoms with Crippen molar-refractivity contribution in [2.24, 2.45) is 7.05 Å². The summed E-state index contributed by atoms with van der Waals surface area (Å²) in [7, 11) is 1.90. The number of nitrogens with zero attached hydrogens (tertiary/aromatic N) is 5. The smallest absolute Gasteiger partial charge is 0.296 e. The Morgan fingerprint density at radius 1 is 1.29 bits per heavy atom. The van der Waals surface area contributed by atoms with Gasteiger partial charge in [0.05, 0.1) is 17.4 Å². The van der Waals surface area contributed by atoms with E-state index in [2.05, 4.69) is 26.9 Å². The summed E-state index contributed by atoms with van der Waals surface area (Å²) in [5.41, 5.74) is 1.89. The first-order valence-corrected chi connectivity index (χ1v) is 10.1. The fourth-order valence-electron chi connectivity index (χ4n) is 3.77. The number of fused-ring (bicyclic) bond motifs is 1. The molecule has 2 aromatic heterocycles. The molecule has 0 aliphatic carbocycles. The number of aromatic hydroxyl groups is 1. The van der Waals surface area contributed by atoms with Crippen molar-refractivity contribution in [1.82, 2.24) is 29.5 Å². The van der Waals surface area contributed by atoms with Gasteiger partial charge in [-0.15, -0.1) is 0 Å². The second-order valence-electron chi connectivity index (χ2n) is 7.68. The largest absolute Gasteiger partial charge is 0.501 e. The Morgan fingerprint density at radius 2 is 2.03 bits per heavy atom. The van der Waals surface area contributed by atoms with E-state index in [0.717, 1.165) is 11.3 Å². The van der Waals surface area contributed by atoms with Crippen LogP contribution in [0.1, 0.15) is 35.7 Å². The summed E-state index contributed by atoms with van der Waals surface area (Å²) in [5.74, 6) is -0.155. The second kappa shape index (κ2) is 8.35. The molecular weight excluding hydrogens is 399 g/mol. The van der Waals surface area contributed by atoms with Crippen LogP contribution in [0.3, 0.4) is 0 Å². The predicted molar refractivity (Wildman–Crippen MR) is 114 cm³/mol. The number of nitrogens with one attached hydrogen (secondary N) is 1. The van der Waals surface area contributed by atoms with Crippen molar-refractivity contribution in [2.75, 3.05) is 6.54 Å². The van der Waals surface area contributed by atoms with Gasteiger partial charge < -0.3 is 10.4 Å². The number of rotatable bonds is 6. The number of benzene rings is 1. The van der Waals surface area contributed by atoms with Crippen LogP contribution in [0.5, 0.6) is 5.75 Å². The van der Waals surface area contributed by atoms with E-state index in [1.807, 2.05) is 24.7 Å². The monoisotopic (exact) mass is 424 g/mol. The fourth-order valence-corrected chi connectivity index (χ4v) is 3.77. The predicted octanol–water partition coefficient (Wildman–Crippen LogP) is 2.16. The van der Waals surface area contributed by atoms with Gasteiger partial charge in [0, 0.05) is 39.4 Å². The topological polar surface area (TPSA) is 88.2 Å². The summed E-state index contributed by atoms with van der Waals surface area (Å²) in [6.07, 6.45) is 1.76. The maximum Gasteiger partial charge on any atom is 0.296 e. The molecule has 0 amide bonds. The van der Waals surface area contributed by atoms with Crippen molar-refractivity contribution in [1.29, 1.82) is 0 Å². The van der Waals surface area contributed by atoms with Crippen LogP contribution in [-0.4, -0.2) is 35.9 Å². The van der Waals surface area contributed by atoms with E-state index in [0.29, 0.717) is 37.7 Å². The number of halogens is 1. The zero-order valence-corrected chi connectivity index (χ0v) is 17.5. The third-order valence-electron chi connectivity index (χ3n) is 5.70. The van der Waals surface area contributed by atoms with Crippen molar-refractivity contribution >= 4 is 5.70 Å². The number of hydrogen-bond donors (Lipinski definition) is 2. The Hall–Kier alpha value is -3.46. The molecule has 4 rings (SSSR count). The van der Waals surface area contributed by atoms with E-state index in [-0.39, 0.29) is 17.6 Å². The number of hydrogen-bond acceptors (Lipinski definition) is 6. The van der Waals surface area contributed by atoms with Gasteiger partial charge in [0.25, 0.3) is 5.56 Å². The molecule has 0 bridgehead atoms. The van der Waals surface area contributed by atoms with Crippen molar-refractivity contribution in [3.05, 3.63) is 82.1 Å². The van der Waals surface area contributed by atoms with Gasteiger partial charge in [-0.3, -0.25) is 18.9 Å². The number of aryl methyl sites for hydroxylation is 1. The Bertz CT molecular complexity index is 1170. The van der Waals surface area contributed by atoms with E-state index < -0.39 is 11.3 Å². The third-order valence-corrected chi connectivity index (χ3v) is 5.70. The van der Waals surface area contributed by atoms with Gasteiger partial charge in [-0.05, 0) is 30.7 Å². The second-order valence-corrected chi connectivity index (χ2v) is 7.68. The molecule has 0 radical (unpaired) electrons. The quantitative estimate of drug-likeness (QED) is 0.631. The average Bonchev–Trinajstić information content (AvgIpc) is 3.16. The molecule has 0 saturated carbocycles. The zero-order valence-electron chi connectivity index (χ0n) is 17.5. The Labute approximate surface area is 179 Å². The van der Waals surface area contributed by atoms with E-state index in [4.69, 9.17) is 0 Å². The van der Waals surface area contributed by atoms with Gasteiger partial charge in [-0.25, -0.2) is 9.37 Å². The van der Waals surface area contributed by atoms with E-state index in [1.54, 1.807) is 18.3 Å². The zero-order chi connectivity index (χ0) is 22.1. The normalized spacial score (nSPS) is 16.2. The highest BCUT2D eigenvalue weighted by Gasteiger charge is 2.29. The van der Waals surface area contributed by atoms with Crippen LogP contribution in [0.4, 0.5) is 4.39 Å². The van der Waals surface area contributed by atoms with E-state index in [9.17, 15) is 14.3 Å². The van der Waals surface area contributed by atoms with Crippen LogP contribution in [0.25, 0.3) is 5.70 Å². The van der Waals surface area contributed by atoms with Crippen LogP contribution in [0, 0.1) is 5.82 Å². The highest BCUT2D eigenvalue weighted by atomic mass is 19.1. The highest BCUT2D eigenvalue weighted by molar-refractivity contribution is 5.63. The molecule has 1 aliphatic rings. The highest BCUT2D eigenvalue weighted by Crippen LogP contribution is 2.27. The van der Waals surface area contributed by atoms with E-state index >= 15 is 0 Å². The first-order chi connectivity index (χ1) is 14.8. The van der Waals surface area contributed by atoms with Crippen LogP contribution in [0.15, 0.2) is 47.9 Å². The van der Waals surface area contributed by atoms with Gasteiger partial charge in [-0.1, -0.05) is 18.7 Å². The van der Waals surface area contributed by atoms with Gasteiger partial charge in [-0.2, -0.15) is 5.10 Å². The summed E-state index contributed by atoms with van der Waals surface area (Å²) in [6, 6.07) is 7.89. The molecule has 162 valence electrons. The average molecular weight is 424 g/mol. The lowest BCUT2D eigenvalue weighted by Gasteiger charge is -2.35. The lowest BCUT2D eigenvalue weighted by Crippen LogP contribution is -2.42. The SMILES string of the molecule is C=C(NCc1ccc(F)cc1)c1nc2n(c(=O)c1O)CCN(Cc1ccnn1C)C2C. The van der Waals surface area contributed by atoms with Crippen LogP contribution < -0.4 is 10.9 Å². The first kappa shape index (κ1) is 20.8. The minimum atomic E-state index is -0.475. The van der Waals surface area contributed by atoms with Crippen molar-refractivity contribution in [3.8, 4) is 5.75 Å². The molecule has 3 aromatic rings. The minimum absolute atomic E-state index is 0.132. The molecule has 0 fully saturated rings. The molecule has 1 unspecified atom stereocenters. The van der Waals surface area contributed by atoms with E-state index in [1.165, 1.54) is 16.7 Å². The summed E-state index contributed by atoms with van der Waals surface area (Å²) < 4.78 is 16.4. The summed E-state index contributed by atoms with van der Waals surface area (Å²) >= 11 is 0. The van der Waals surface area contributed by atoms with Crippen LogP contribution >= 0.6 is 0 Å². The molecule has 31 heavy (non-hydrogen) atoms. The molecule has 0 spiro atoms. The van der Waals surface area contributed by atoms with Gasteiger partial charge >= 0.3 is 0 Å². The summed E-state index contributed by atoms with van der Waals surface area (Å²) in [4.78, 5) is 19.6. The first-order valence-electron chi connectivity index (χ1n) is 10.1. The Balaban J connectivity index is 1.57. The minimum Gasteiger partial charge on any atom is -0.501 e. The summed E-state index contributed by atoms with van der Waals surface area (Å²) in [5, 5.41) is 17.8. The van der Waals surface area contributed by atoms with Crippen molar-refractivity contribution in [2.45, 2.75) is 32.6 Å². The molecule has 1 aromatic carbocycles. The van der Waals surface area contributed by atoms with Crippen LogP contribution in [0.2, 0.25) is 0 Å². The molecule has 2 N–H and O–H groups in total. The molecule has 8 nitrogen and oxygen atoms in total. The summed E-state index contributed by atoms with van der Waals surface area (Å²) in [6.45, 7) is 8.06. The Morgan fingerprint density at radius 3 is 2.71 bits per heavy atom. The lowest BCUT2D eigenvalue weighted by molar-refractivity contribution is 0.147. The molecule has 1 atom stereocenters. The molecular formula is C22H25FN6O2. The standard InChI is InChI=1S/C22H25FN6O2/c1-14(24-12-16-4-6-17(23)7-5-16)19-20(30)22(31)29-11-10-28(15(2)21(29)26-19)13-18-8-9-25-27(18)3/h4-9,15,24,30H,1,10-13H2,2-3H3. The Kier molecular flexibility index (Phi) is 5.60. The molecule has 3 heterocycles. The molecule has 9 heteroatoms. The van der Waals surface area contributed by atoms with Gasteiger partial charge in [0.15, 0.2) is 0 Å². The van der Waals surface area contributed by atoms with Crippen molar-refractivity contribution in [3.63, 3.8) is 0 Å². The fraction of sp³-hybridized carbons (Fsp3) is 0.318. The van der Waals surface area contributed by atoms with Crippen molar-refractivity contribution < 1.29 is 9.50 Å². The third kappa shape index (κ3) is 4.09. The molecule has 0 saturated heterocycles.